The molecule has 38 heavy (non-hydrogen) atoms. The monoisotopic (exact) mass is 546 g/mol. The van der Waals surface area contributed by atoms with E-state index in [0.717, 1.165) is 39.9 Å². The molecular weight excluding hydrogens is 511 g/mol. The molecule has 0 saturated heterocycles. The van der Waals surface area contributed by atoms with Crippen LogP contribution in [-0.4, -0.2) is 52.7 Å². The van der Waals surface area contributed by atoms with Crippen LogP contribution >= 0.6 is 0 Å². The van der Waals surface area contributed by atoms with Gasteiger partial charge in [0.1, 0.15) is 5.82 Å². The van der Waals surface area contributed by atoms with Gasteiger partial charge in [0.05, 0.1) is 31.4 Å². The lowest BCUT2D eigenvalue weighted by atomic mass is 9.93. The fourth-order valence-electron chi connectivity index (χ4n) is 4.80. The first kappa shape index (κ1) is 29.5. The minimum absolute atomic E-state index is 0.0231. The Morgan fingerprint density at radius 3 is 2.08 bits per heavy atom. The first-order valence-electron chi connectivity index (χ1n) is 12.5. The van der Waals surface area contributed by atoms with Gasteiger partial charge in [0.15, 0.2) is 0 Å². The first-order chi connectivity index (χ1) is 17.9. The third-order valence-electron chi connectivity index (χ3n) is 6.29. The van der Waals surface area contributed by atoms with Gasteiger partial charge < -0.3 is 19.9 Å². The molecule has 2 aromatic carbocycles. The lowest BCUT2D eigenvalue weighted by Crippen LogP contribution is -2.24. The van der Waals surface area contributed by atoms with Crippen LogP contribution in [0.2, 0.25) is 0 Å². The van der Waals surface area contributed by atoms with Crippen molar-refractivity contribution in [2.24, 2.45) is 0 Å². The van der Waals surface area contributed by atoms with Gasteiger partial charge >= 0.3 is 5.97 Å². The zero-order chi connectivity index (χ0) is 28.0. The van der Waals surface area contributed by atoms with E-state index in [1.807, 2.05) is 48.7 Å². The number of hydrogen-bond acceptors (Lipinski definition) is 5. The Kier molecular flexibility index (Phi) is 9.83. The van der Waals surface area contributed by atoms with E-state index in [1.54, 1.807) is 12.1 Å². The van der Waals surface area contributed by atoms with Crippen LogP contribution in [0.4, 0.5) is 4.39 Å². The van der Waals surface area contributed by atoms with Gasteiger partial charge in [-0.1, -0.05) is 42.5 Å². The van der Waals surface area contributed by atoms with E-state index in [1.165, 1.54) is 12.1 Å². The predicted molar refractivity (Wildman–Crippen MR) is 145 cm³/mol. The van der Waals surface area contributed by atoms with E-state index in [2.05, 4.69) is 4.72 Å². The van der Waals surface area contributed by atoms with Crippen molar-refractivity contribution in [1.82, 2.24) is 9.29 Å². The molecule has 0 amide bonds. The summed E-state index contributed by atoms with van der Waals surface area (Å²) in [7, 11) is -3.52. The smallest absolute Gasteiger partial charge is 0.305 e. The summed E-state index contributed by atoms with van der Waals surface area (Å²) < 4.78 is 42.7. The second-order valence-electron chi connectivity index (χ2n) is 9.75. The molecule has 0 aliphatic heterocycles. The van der Waals surface area contributed by atoms with Crippen LogP contribution in [0, 0.1) is 5.82 Å². The highest BCUT2D eigenvalue weighted by Crippen LogP contribution is 2.42. The van der Waals surface area contributed by atoms with E-state index in [-0.39, 0.29) is 31.2 Å². The summed E-state index contributed by atoms with van der Waals surface area (Å²) in [4.78, 5) is 10.9. The molecule has 3 rings (SSSR count). The molecule has 3 aromatic rings. The Labute approximate surface area is 222 Å². The second kappa shape index (κ2) is 12.7. The van der Waals surface area contributed by atoms with Crippen molar-refractivity contribution in [3.63, 3.8) is 0 Å². The lowest BCUT2D eigenvalue weighted by molar-refractivity contribution is -0.139. The highest BCUT2D eigenvalue weighted by atomic mass is 32.2. The summed E-state index contributed by atoms with van der Waals surface area (Å²) in [5, 5.41) is 29.5. The fourth-order valence-corrected chi connectivity index (χ4v) is 5.20. The topological polar surface area (TPSA) is 129 Å². The number of aliphatic hydroxyl groups excluding tert-OH is 2. The number of aliphatic carboxylic acids is 1. The van der Waals surface area contributed by atoms with Crippen LogP contribution in [0.1, 0.15) is 50.5 Å². The molecule has 4 N–H and O–H groups in total. The summed E-state index contributed by atoms with van der Waals surface area (Å²) in [5.41, 5.74) is 4.75. The number of nitrogens with one attached hydrogen (secondary N) is 1. The van der Waals surface area contributed by atoms with Crippen molar-refractivity contribution in [3.05, 3.63) is 71.8 Å². The van der Waals surface area contributed by atoms with Crippen molar-refractivity contribution in [2.45, 2.75) is 64.3 Å². The maximum Gasteiger partial charge on any atom is 0.305 e. The molecule has 10 heteroatoms. The molecule has 0 bridgehead atoms. The van der Waals surface area contributed by atoms with Crippen molar-refractivity contribution in [1.29, 1.82) is 0 Å². The van der Waals surface area contributed by atoms with Crippen LogP contribution in [-0.2, 0) is 27.8 Å². The minimum Gasteiger partial charge on any atom is -0.481 e. The van der Waals surface area contributed by atoms with Crippen LogP contribution in [0.3, 0.4) is 0 Å². The Hall–Kier alpha value is -3.05. The van der Waals surface area contributed by atoms with Gasteiger partial charge in [-0.15, -0.1) is 0 Å². The number of carboxylic acids is 1. The summed E-state index contributed by atoms with van der Waals surface area (Å²) >= 11 is 0. The molecule has 0 saturated carbocycles. The molecule has 0 spiro atoms. The van der Waals surface area contributed by atoms with Gasteiger partial charge in [-0.2, -0.15) is 0 Å². The number of benzene rings is 2. The fraction of sp³-hybridized carbons (Fsp3) is 0.393. The Balaban J connectivity index is 2.19. The molecule has 1 heterocycles. The summed E-state index contributed by atoms with van der Waals surface area (Å²) in [5.74, 6) is -1.53. The number of aromatic nitrogens is 1. The van der Waals surface area contributed by atoms with Crippen molar-refractivity contribution >= 4 is 16.0 Å². The third kappa shape index (κ3) is 7.73. The van der Waals surface area contributed by atoms with Crippen molar-refractivity contribution in [3.8, 4) is 22.3 Å². The van der Waals surface area contributed by atoms with E-state index in [9.17, 15) is 27.8 Å². The molecule has 206 valence electrons. The van der Waals surface area contributed by atoms with Crippen LogP contribution in [0.25, 0.3) is 22.3 Å². The van der Waals surface area contributed by atoms with Gasteiger partial charge in [0.25, 0.3) is 0 Å². The first-order valence-corrected chi connectivity index (χ1v) is 14.4. The van der Waals surface area contributed by atoms with E-state index < -0.39 is 34.6 Å². The zero-order valence-electron chi connectivity index (χ0n) is 21.8. The average molecular weight is 547 g/mol. The Morgan fingerprint density at radius 2 is 1.53 bits per heavy atom. The highest BCUT2D eigenvalue weighted by molar-refractivity contribution is 7.88. The number of hydrogen-bond donors (Lipinski definition) is 4. The second-order valence-corrected chi connectivity index (χ2v) is 11.6. The quantitative estimate of drug-likeness (QED) is 0.255. The SMILES string of the molecule is CC(C)n1c(CCC(O)CC(O)CC(=O)O)c(-c2ccc(F)cc2)c(-c2ccccc2)c1CNS(C)(=O)=O. The van der Waals surface area contributed by atoms with E-state index >= 15 is 0 Å². The maximum atomic E-state index is 13.9. The molecule has 2 atom stereocenters. The molecule has 0 aliphatic carbocycles. The van der Waals surface area contributed by atoms with Crippen LogP contribution < -0.4 is 4.72 Å². The lowest BCUT2D eigenvalue weighted by Gasteiger charge is -2.20. The van der Waals surface area contributed by atoms with E-state index in [4.69, 9.17) is 5.11 Å². The summed E-state index contributed by atoms with van der Waals surface area (Å²) in [6.07, 6.45) is -1.00. The molecular formula is C28H35FN2O6S. The number of halogens is 1. The maximum absolute atomic E-state index is 13.9. The van der Waals surface area contributed by atoms with Gasteiger partial charge in [-0.05, 0) is 56.4 Å². The van der Waals surface area contributed by atoms with Gasteiger partial charge in [-0.3, -0.25) is 4.79 Å². The van der Waals surface area contributed by atoms with Gasteiger partial charge in [0.2, 0.25) is 10.0 Å². The Bertz CT molecular complexity index is 1340. The molecule has 0 fully saturated rings. The van der Waals surface area contributed by atoms with Crippen LogP contribution in [0.5, 0.6) is 0 Å². The largest absolute Gasteiger partial charge is 0.481 e. The van der Waals surface area contributed by atoms with Gasteiger partial charge in [-0.25, -0.2) is 17.5 Å². The minimum atomic E-state index is -3.52. The molecule has 0 aliphatic rings. The van der Waals surface area contributed by atoms with E-state index in [0.29, 0.717) is 6.42 Å². The zero-order valence-corrected chi connectivity index (χ0v) is 22.6. The Morgan fingerprint density at radius 1 is 0.947 bits per heavy atom. The van der Waals surface area contributed by atoms with Gasteiger partial charge in [0, 0.05) is 28.6 Å². The number of rotatable bonds is 13. The number of sulfonamides is 1. The molecule has 8 nitrogen and oxygen atoms in total. The van der Waals surface area contributed by atoms with Crippen molar-refractivity contribution in [2.75, 3.05) is 6.26 Å². The number of nitrogens with zero attached hydrogens (tertiary/aromatic N) is 1. The predicted octanol–water partition coefficient (Wildman–Crippen LogP) is 4.11. The molecule has 2 unspecified atom stereocenters. The summed E-state index contributed by atoms with van der Waals surface area (Å²) in [6.45, 7) is 3.97. The highest BCUT2D eigenvalue weighted by Gasteiger charge is 2.27. The summed E-state index contributed by atoms with van der Waals surface area (Å²) in [6, 6.07) is 15.5. The number of aliphatic hydroxyl groups is 2. The molecule has 0 radical (unpaired) electrons. The average Bonchev–Trinajstić information content (AvgIpc) is 3.16. The number of carbonyl (C=O) groups is 1. The number of carboxylic acid groups (broad SMARTS) is 1. The van der Waals surface area contributed by atoms with Crippen molar-refractivity contribution < 1.29 is 32.9 Å². The molecule has 1 aromatic heterocycles. The van der Waals surface area contributed by atoms with Crippen LogP contribution in [0.15, 0.2) is 54.6 Å². The normalized spacial score (nSPS) is 13.6. The third-order valence-corrected chi connectivity index (χ3v) is 6.96. The standard InChI is InChI=1S/C28H35FN2O6S/c1-18(2)31-24(14-13-22(32)15-23(33)16-26(34)35)27(20-9-11-21(29)12-10-20)28(19-7-5-4-6-8-19)25(31)17-30-38(3,36)37/h4-12,18,22-23,30,32-33H,13-17H2,1-3H3,(H,34,35).